The smallest absolute Gasteiger partial charge is 1.00 e. The molecule has 0 atom stereocenters. The van der Waals surface area contributed by atoms with Crippen molar-refractivity contribution >= 4 is 23.1 Å². The van der Waals surface area contributed by atoms with Gasteiger partial charge in [0.15, 0.2) is 0 Å². The maximum absolute atomic E-state index is 12.0. The number of benzene rings is 1. The molecule has 0 unspecified atom stereocenters. The molecule has 0 aliphatic carbocycles. The van der Waals surface area contributed by atoms with Gasteiger partial charge in [-0.2, -0.15) is 0 Å². The van der Waals surface area contributed by atoms with Crippen molar-refractivity contribution in [3.63, 3.8) is 0 Å². The molecule has 0 amide bonds. The molecule has 68 valence electrons. The predicted octanol–water partition coefficient (Wildman–Crippen LogP) is -1.19. The molecule has 1 aromatic carbocycles. The standard InChI is InChI=1S/C6F5.ClH.Mg/c7-2-1-3(8)5(10)6(11)4(2)9;;/h;1H;/q-1;;+2/p-1. The summed E-state index contributed by atoms with van der Waals surface area (Å²) in [6.07, 6.45) is 0. The van der Waals surface area contributed by atoms with E-state index < -0.39 is 29.1 Å². The van der Waals surface area contributed by atoms with Crippen LogP contribution in [0.5, 0.6) is 0 Å². The van der Waals surface area contributed by atoms with Gasteiger partial charge in [-0.1, -0.05) is 0 Å². The molecule has 0 fully saturated rings. The van der Waals surface area contributed by atoms with Crippen LogP contribution in [0.2, 0.25) is 0 Å². The Labute approximate surface area is 92.7 Å². The number of rotatable bonds is 0. The van der Waals surface area contributed by atoms with Gasteiger partial charge < -0.3 is 12.4 Å². The first-order valence-corrected chi connectivity index (χ1v) is 2.44. The molecule has 0 aromatic heterocycles. The topological polar surface area (TPSA) is 0 Å². The van der Waals surface area contributed by atoms with E-state index in [1.165, 1.54) is 0 Å². The molecule has 0 spiro atoms. The van der Waals surface area contributed by atoms with Gasteiger partial charge in [0, 0.05) is 0 Å². The summed E-state index contributed by atoms with van der Waals surface area (Å²) < 4.78 is 59.9. The average molecular weight is 227 g/mol. The second-order valence-corrected chi connectivity index (χ2v) is 1.69. The SMILES string of the molecule is Fc1[c-]c(F)c(F)c(F)c1F.[Cl-].[Mg+2]. The maximum Gasteiger partial charge on any atom is 2.00 e. The predicted molar refractivity (Wildman–Crippen MR) is 30.8 cm³/mol. The second-order valence-electron chi connectivity index (χ2n) is 1.69. The zero-order valence-electron chi connectivity index (χ0n) is 5.97. The van der Waals surface area contributed by atoms with Gasteiger partial charge in [-0.3, -0.25) is 8.78 Å². The molecule has 0 saturated heterocycles. The van der Waals surface area contributed by atoms with E-state index in [2.05, 4.69) is 0 Å². The van der Waals surface area contributed by atoms with Crippen molar-refractivity contribution in [3.05, 3.63) is 35.2 Å². The van der Waals surface area contributed by atoms with Crippen LogP contribution in [0.3, 0.4) is 0 Å². The van der Waals surface area contributed by atoms with Crippen molar-refractivity contribution in [3.8, 4) is 0 Å². The van der Waals surface area contributed by atoms with Gasteiger partial charge in [0.05, 0.1) is 29.1 Å². The van der Waals surface area contributed by atoms with E-state index in [4.69, 9.17) is 0 Å². The summed E-state index contributed by atoms with van der Waals surface area (Å²) in [6, 6.07) is 1.02. The van der Waals surface area contributed by atoms with Crippen molar-refractivity contribution in [2.24, 2.45) is 0 Å². The summed E-state index contributed by atoms with van der Waals surface area (Å²) in [5, 5.41) is 0. The molecule has 0 N–H and O–H groups in total. The van der Waals surface area contributed by atoms with E-state index in [9.17, 15) is 22.0 Å². The largest absolute Gasteiger partial charge is 2.00 e. The number of hydrogen-bond acceptors (Lipinski definition) is 0. The molecule has 0 bridgehead atoms. The summed E-state index contributed by atoms with van der Waals surface area (Å²) in [7, 11) is 0. The summed E-state index contributed by atoms with van der Waals surface area (Å²) in [5.41, 5.74) is 0. The summed E-state index contributed by atoms with van der Waals surface area (Å²) in [4.78, 5) is 0. The van der Waals surface area contributed by atoms with Gasteiger partial charge in [0.2, 0.25) is 0 Å². The fraction of sp³-hybridized carbons (Fsp3) is 0. The first kappa shape index (κ1) is 15.4. The van der Waals surface area contributed by atoms with Crippen LogP contribution in [-0.2, 0) is 0 Å². The molecule has 1 aromatic rings. The fourth-order valence-electron chi connectivity index (χ4n) is 0.495. The molecule has 0 saturated carbocycles. The van der Waals surface area contributed by atoms with Crippen molar-refractivity contribution in [1.82, 2.24) is 0 Å². The summed E-state index contributed by atoms with van der Waals surface area (Å²) in [5.74, 6) is -10.0. The van der Waals surface area contributed by atoms with Crippen molar-refractivity contribution in [2.45, 2.75) is 0 Å². The molecule has 0 aliphatic heterocycles. The zero-order chi connectivity index (χ0) is 8.59. The van der Waals surface area contributed by atoms with Crippen LogP contribution in [0.1, 0.15) is 0 Å². The molecular weight excluding hydrogens is 227 g/mol. The van der Waals surface area contributed by atoms with Crippen LogP contribution < -0.4 is 12.4 Å². The number of halogens is 6. The van der Waals surface area contributed by atoms with Crippen molar-refractivity contribution in [1.29, 1.82) is 0 Å². The maximum atomic E-state index is 12.0. The van der Waals surface area contributed by atoms with E-state index in [-0.39, 0.29) is 35.5 Å². The molecule has 0 radical (unpaired) electrons. The Morgan fingerprint density at radius 3 is 1.31 bits per heavy atom. The Morgan fingerprint density at radius 2 is 1.00 bits per heavy atom. The molecule has 7 heteroatoms. The third kappa shape index (κ3) is 2.96. The Bertz CT molecular complexity index is 277. The third-order valence-electron chi connectivity index (χ3n) is 0.990. The minimum absolute atomic E-state index is 0. The van der Waals surface area contributed by atoms with Gasteiger partial charge in [0.1, 0.15) is 0 Å². The Hall–Kier alpha value is -0.0738. The Balaban J connectivity index is 0. The minimum Gasteiger partial charge on any atom is -1.00 e. The van der Waals surface area contributed by atoms with Crippen LogP contribution in [0.4, 0.5) is 22.0 Å². The molecular formula is C6ClF5Mg. The van der Waals surface area contributed by atoms with Crippen LogP contribution >= 0.6 is 0 Å². The van der Waals surface area contributed by atoms with E-state index in [1.807, 2.05) is 0 Å². The average Bonchev–Trinajstić information content (AvgIpc) is 1.97. The van der Waals surface area contributed by atoms with Gasteiger partial charge in [-0.15, -0.1) is 6.07 Å². The van der Waals surface area contributed by atoms with Crippen LogP contribution in [-0.4, -0.2) is 23.1 Å². The molecule has 0 nitrogen and oxygen atoms in total. The van der Waals surface area contributed by atoms with Crippen molar-refractivity contribution < 1.29 is 34.4 Å². The van der Waals surface area contributed by atoms with Crippen LogP contribution in [0.25, 0.3) is 0 Å². The van der Waals surface area contributed by atoms with Gasteiger partial charge in [0.25, 0.3) is 0 Å². The minimum atomic E-state index is -2.17. The van der Waals surface area contributed by atoms with E-state index in [0.29, 0.717) is 0 Å². The van der Waals surface area contributed by atoms with Crippen LogP contribution in [0.15, 0.2) is 0 Å². The number of hydrogen-bond donors (Lipinski definition) is 0. The zero-order valence-corrected chi connectivity index (χ0v) is 8.15. The van der Waals surface area contributed by atoms with Gasteiger partial charge in [-0.25, -0.2) is 13.2 Å². The molecule has 13 heavy (non-hydrogen) atoms. The van der Waals surface area contributed by atoms with Crippen molar-refractivity contribution in [2.75, 3.05) is 0 Å². The fourth-order valence-corrected chi connectivity index (χ4v) is 0.495. The Kier molecular flexibility index (Phi) is 6.65. The quantitative estimate of drug-likeness (QED) is 0.172. The normalized spacial score (nSPS) is 8.69. The molecule has 1 rings (SSSR count). The first-order chi connectivity index (χ1) is 5.04. The summed E-state index contributed by atoms with van der Waals surface area (Å²) in [6.45, 7) is 0. The molecule has 0 aliphatic rings. The van der Waals surface area contributed by atoms with Gasteiger partial charge in [-0.05, 0) is 0 Å². The summed E-state index contributed by atoms with van der Waals surface area (Å²) >= 11 is 0. The van der Waals surface area contributed by atoms with Gasteiger partial charge >= 0.3 is 23.1 Å². The molecule has 0 heterocycles. The second kappa shape index (κ2) is 5.61. The first-order valence-electron chi connectivity index (χ1n) is 2.44. The third-order valence-corrected chi connectivity index (χ3v) is 0.990. The van der Waals surface area contributed by atoms with E-state index in [1.54, 1.807) is 0 Å². The van der Waals surface area contributed by atoms with Crippen LogP contribution in [0, 0.1) is 35.2 Å². The monoisotopic (exact) mass is 226 g/mol. The van der Waals surface area contributed by atoms with E-state index in [0.717, 1.165) is 6.07 Å². The van der Waals surface area contributed by atoms with E-state index >= 15 is 0 Å². The Morgan fingerprint density at radius 1 is 0.692 bits per heavy atom.